The summed E-state index contributed by atoms with van der Waals surface area (Å²) in [4.78, 5) is 0. The molecule has 10 heavy (non-hydrogen) atoms. The Morgan fingerprint density at radius 3 is 2.90 bits per heavy atom. The lowest BCUT2D eigenvalue weighted by molar-refractivity contribution is 0.0921. The van der Waals surface area contributed by atoms with Gasteiger partial charge in [-0.2, -0.15) is 0 Å². The second-order valence-corrected chi connectivity index (χ2v) is 2.02. The van der Waals surface area contributed by atoms with Gasteiger partial charge in [-0.3, -0.25) is 4.68 Å². The minimum absolute atomic E-state index is 0.321. The number of nitrogens with zero attached hydrogens (tertiary/aromatic N) is 3. The van der Waals surface area contributed by atoms with Crippen molar-refractivity contribution in [1.82, 2.24) is 15.0 Å². The summed E-state index contributed by atoms with van der Waals surface area (Å²) >= 11 is 0. The van der Waals surface area contributed by atoms with E-state index in [1.165, 1.54) is 4.68 Å². The molecule has 0 spiro atoms. The molecule has 0 aliphatic rings. The molecule has 0 aliphatic heterocycles. The van der Waals surface area contributed by atoms with Gasteiger partial charge >= 0.3 is 0 Å². The van der Waals surface area contributed by atoms with Crippen LogP contribution in [0.4, 0.5) is 0 Å². The number of aromatic nitrogens is 3. The average molecular weight is 143 g/mol. The van der Waals surface area contributed by atoms with Crippen LogP contribution in [0.2, 0.25) is 0 Å². The van der Waals surface area contributed by atoms with E-state index < -0.39 is 6.10 Å². The van der Waals surface area contributed by atoms with Crippen molar-refractivity contribution in [3.63, 3.8) is 0 Å². The van der Waals surface area contributed by atoms with Gasteiger partial charge in [0.2, 0.25) is 0 Å². The molecule has 0 saturated carbocycles. The second-order valence-electron chi connectivity index (χ2n) is 2.02. The Morgan fingerprint density at radius 1 is 1.80 bits per heavy atom. The summed E-state index contributed by atoms with van der Waals surface area (Å²) in [6.07, 6.45) is 0.648. The van der Waals surface area contributed by atoms with Crippen LogP contribution in [0.1, 0.15) is 11.8 Å². The second kappa shape index (κ2) is 2.76. The highest BCUT2D eigenvalue weighted by Crippen LogP contribution is 2.05. The smallest absolute Gasteiger partial charge is 0.122 e. The van der Waals surface area contributed by atoms with Crippen LogP contribution in [0, 0.1) is 0 Å². The minimum atomic E-state index is -0.909. The van der Waals surface area contributed by atoms with Gasteiger partial charge in [-0.15, -0.1) is 5.10 Å². The van der Waals surface area contributed by atoms with Crippen molar-refractivity contribution in [2.45, 2.75) is 6.10 Å². The zero-order valence-corrected chi connectivity index (χ0v) is 5.60. The van der Waals surface area contributed by atoms with Crippen LogP contribution in [0.5, 0.6) is 0 Å². The lowest BCUT2D eigenvalue weighted by atomic mass is 10.3. The van der Waals surface area contributed by atoms with Gasteiger partial charge in [0.25, 0.3) is 0 Å². The SMILES string of the molecule is Cn1cc(C(O)CO)nn1. The van der Waals surface area contributed by atoms with E-state index in [1.54, 1.807) is 13.2 Å². The van der Waals surface area contributed by atoms with Crippen molar-refractivity contribution in [3.05, 3.63) is 11.9 Å². The number of rotatable bonds is 2. The third kappa shape index (κ3) is 1.31. The molecule has 1 heterocycles. The molecule has 5 nitrogen and oxygen atoms in total. The number of hydrogen-bond acceptors (Lipinski definition) is 4. The molecule has 56 valence electrons. The number of aryl methyl sites for hydroxylation is 1. The predicted octanol–water partition coefficient (Wildman–Crippen LogP) is -1.16. The summed E-state index contributed by atoms with van der Waals surface area (Å²) in [6.45, 7) is -0.321. The van der Waals surface area contributed by atoms with Gasteiger partial charge in [0, 0.05) is 7.05 Å². The predicted molar refractivity (Wildman–Crippen MR) is 33.0 cm³/mol. The third-order valence-corrected chi connectivity index (χ3v) is 1.13. The van der Waals surface area contributed by atoms with E-state index in [-0.39, 0.29) is 6.61 Å². The minimum Gasteiger partial charge on any atom is -0.393 e. The maximum absolute atomic E-state index is 8.98. The van der Waals surface area contributed by atoms with Gasteiger partial charge in [-0.05, 0) is 0 Å². The molecule has 1 aromatic heterocycles. The van der Waals surface area contributed by atoms with E-state index in [0.29, 0.717) is 5.69 Å². The number of hydrogen-bond donors (Lipinski definition) is 2. The molecule has 0 amide bonds. The van der Waals surface area contributed by atoms with E-state index in [9.17, 15) is 0 Å². The fraction of sp³-hybridized carbons (Fsp3) is 0.600. The highest BCUT2D eigenvalue weighted by molar-refractivity contribution is 4.96. The van der Waals surface area contributed by atoms with Gasteiger partial charge in [0.1, 0.15) is 11.8 Å². The number of aliphatic hydroxyl groups is 2. The standard InChI is InChI=1S/C5H9N3O2/c1-8-2-4(6-7-8)5(10)3-9/h2,5,9-10H,3H2,1H3. The van der Waals surface area contributed by atoms with E-state index >= 15 is 0 Å². The summed E-state index contributed by atoms with van der Waals surface area (Å²) < 4.78 is 1.47. The Hall–Kier alpha value is -0.940. The largest absolute Gasteiger partial charge is 0.393 e. The monoisotopic (exact) mass is 143 g/mol. The van der Waals surface area contributed by atoms with E-state index in [1.807, 2.05) is 0 Å². The van der Waals surface area contributed by atoms with Crippen molar-refractivity contribution < 1.29 is 10.2 Å². The van der Waals surface area contributed by atoms with Gasteiger partial charge in [-0.25, -0.2) is 0 Å². The van der Waals surface area contributed by atoms with Crippen LogP contribution in [-0.4, -0.2) is 31.8 Å². The Morgan fingerprint density at radius 2 is 2.50 bits per heavy atom. The van der Waals surface area contributed by atoms with Crippen LogP contribution in [0.3, 0.4) is 0 Å². The van der Waals surface area contributed by atoms with Crippen LogP contribution in [0.15, 0.2) is 6.20 Å². The normalized spacial score (nSPS) is 13.5. The van der Waals surface area contributed by atoms with Crippen molar-refractivity contribution in [1.29, 1.82) is 0 Å². The zero-order chi connectivity index (χ0) is 7.56. The summed E-state index contributed by atoms with van der Waals surface area (Å²) in [5.74, 6) is 0. The summed E-state index contributed by atoms with van der Waals surface area (Å²) in [6, 6.07) is 0. The maximum Gasteiger partial charge on any atom is 0.122 e. The summed E-state index contributed by atoms with van der Waals surface area (Å²) in [5.41, 5.74) is 0.394. The Labute approximate surface area is 57.9 Å². The van der Waals surface area contributed by atoms with Gasteiger partial charge in [0.05, 0.1) is 12.8 Å². The molecule has 0 aromatic carbocycles. The molecule has 0 saturated heterocycles. The van der Waals surface area contributed by atoms with Gasteiger partial charge < -0.3 is 10.2 Å². The fourth-order valence-corrected chi connectivity index (χ4v) is 0.611. The van der Waals surface area contributed by atoms with Crippen LogP contribution in [0.25, 0.3) is 0 Å². The summed E-state index contributed by atoms with van der Waals surface area (Å²) in [5, 5.41) is 24.6. The molecule has 0 aliphatic carbocycles. The molecule has 0 fully saturated rings. The first-order chi connectivity index (χ1) is 4.74. The maximum atomic E-state index is 8.98. The van der Waals surface area contributed by atoms with Crippen LogP contribution in [-0.2, 0) is 7.05 Å². The molecule has 5 heteroatoms. The molecular weight excluding hydrogens is 134 g/mol. The molecule has 0 bridgehead atoms. The van der Waals surface area contributed by atoms with Gasteiger partial charge in [-0.1, -0.05) is 5.21 Å². The Balaban J connectivity index is 2.74. The zero-order valence-electron chi connectivity index (χ0n) is 5.60. The quantitative estimate of drug-likeness (QED) is 0.548. The molecule has 1 aromatic rings. The van der Waals surface area contributed by atoms with Crippen LogP contribution >= 0.6 is 0 Å². The molecule has 0 radical (unpaired) electrons. The molecule has 1 atom stereocenters. The van der Waals surface area contributed by atoms with Crippen LogP contribution < -0.4 is 0 Å². The molecular formula is C5H9N3O2. The van der Waals surface area contributed by atoms with Crippen molar-refractivity contribution in [2.24, 2.45) is 7.05 Å². The van der Waals surface area contributed by atoms with Crippen molar-refractivity contribution in [2.75, 3.05) is 6.61 Å². The van der Waals surface area contributed by atoms with E-state index in [2.05, 4.69) is 10.3 Å². The Kier molecular flexibility index (Phi) is 1.98. The topological polar surface area (TPSA) is 71.2 Å². The first-order valence-corrected chi connectivity index (χ1v) is 2.89. The highest BCUT2D eigenvalue weighted by atomic mass is 16.3. The Bertz CT molecular complexity index is 210. The molecule has 1 unspecified atom stereocenters. The van der Waals surface area contributed by atoms with Gasteiger partial charge in [0.15, 0.2) is 0 Å². The number of aliphatic hydroxyl groups excluding tert-OH is 2. The average Bonchev–Trinajstić information content (AvgIpc) is 2.34. The lowest BCUT2D eigenvalue weighted by Crippen LogP contribution is -2.02. The molecule has 1 rings (SSSR count). The van der Waals surface area contributed by atoms with E-state index in [4.69, 9.17) is 10.2 Å². The molecule has 2 N–H and O–H groups in total. The summed E-state index contributed by atoms with van der Waals surface area (Å²) in [7, 11) is 1.70. The fourth-order valence-electron chi connectivity index (χ4n) is 0.611. The van der Waals surface area contributed by atoms with Crippen molar-refractivity contribution in [3.8, 4) is 0 Å². The first-order valence-electron chi connectivity index (χ1n) is 2.89. The highest BCUT2D eigenvalue weighted by Gasteiger charge is 2.08. The third-order valence-electron chi connectivity index (χ3n) is 1.13. The lowest BCUT2D eigenvalue weighted by Gasteiger charge is -1.98. The first kappa shape index (κ1) is 7.17. The van der Waals surface area contributed by atoms with Crippen molar-refractivity contribution >= 4 is 0 Å². The van der Waals surface area contributed by atoms with E-state index in [0.717, 1.165) is 0 Å².